The van der Waals surface area contributed by atoms with E-state index in [0.717, 1.165) is 5.56 Å². The summed E-state index contributed by atoms with van der Waals surface area (Å²) in [7, 11) is 1.51. The van der Waals surface area contributed by atoms with Gasteiger partial charge in [-0.2, -0.15) is 5.26 Å². The van der Waals surface area contributed by atoms with E-state index in [1.807, 2.05) is 6.07 Å². The first-order chi connectivity index (χ1) is 13.5. The Morgan fingerprint density at radius 2 is 1.96 bits per heavy atom. The highest BCUT2D eigenvalue weighted by molar-refractivity contribution is 7.98. The second-order valence-corrected chi connectivity index (χ2v) is 6.49. The number of aromatic amines is 1. The van der Waals surface area contributed by atoms with Gasteiger partial charge < -0.3 is 14.5 Å². The summed E-state index contributed by atoms with van der Waals surface area (Å²) in [6.07, 6.45) is 1.78. The lowest BCUT2D eigenvalue weighted by molar-refractivity contribution is 0.284. The Morgan fingerprint density at radius 3 is 2.61 bits per heavy atom. The van der Waals surface area contributed by atoms with Gasteiger partial charge in [-0.25, -0.2) is 9.37 Å². The van der Waals surface area contributed by atoms with E-state index in [1.165, 1.54) is 31.0 Å². The molecule has 0 atom stereocenters. The van der Waals surface area contributed by atoms with E-state index in [2.05, 4.69) is 9.97 Å². The Balaban J connectivity index is 1.99. The van der Waals surface area contributed by atoms with Crippen LogP contribution in [0.15, 0.2) is 52.4 Å². The molecule has 8 heteroatoms. The van der Waals surface area contributed by atoms with Crippen LogP contribution < -0.4 is 15.0 Å². The molecule has 0 saturated heterocycles. The van der Waals surface area contributed by atoms with Crippen LogP contribution in [0.5, 0.6) is 11.5 Å². The minimum Gasteiger partial charge on any atom is -0.493 e. The van der Waals surface area contributed by atoms with Crippen LogP contribution in [0.3, 0.4) is 0 Å². The molecule has 0 radical (unpaired) electrons. The topological polar surface area (TPSA) is 88.0 Å². The van der Waals surface area contributed by atoms with Crippen LogP contribution in [-0.4, -0.2) is 23.3 Å². The standard InChI is InChI=1S/C20H16FN3O3S/c1-26-16-8-5-13(18-15(10-22)19(25)24-20(23-18)28-2)9-17(16)27-11-12-3-6-14(21)7-4-12/h3-9H,11H2,1-2H3,(H,23,24,25). The molecule has 3 rings (SSSR count). The van der Waals surface area contributed by atoms with Crippen molar-refractivity contribution >= 4 is 11.8 Å². The molecule has 28 heavy (non-hydrogen) atoms. The predicted molar refractivity (Wildman–Crippen MR) is 104 cm³/mol. The van der Waals surface area contributed by atoms with Crippen LogP contribution in [0.2, 0.25) is 0 Å². The quantitative estimate of drug-likeness (QED) is 0.503. The summed E-state index contributed by atoms with van der Waals surface area (Å²) in [4.78, 5) is 19.1. The molecule has 0 aliphatic carbocycles. The smallest absolute Gasteiger partial charge is 0.270 e. The van der Waals surface area contributed by atoms with Crippen LogP contribution in [0.4, 0.5) is 4.39 Å². The van der Waals surface area contributed by atoms with E-state index in [0.29, 0.717) is 22.2 Å². The number of hydrogen-bond donors (Lipinski definition) is 1. The molecule has 0 aliphatic rings. The van der Waals surface area contributed by atoms with Crippen molar-refractivity contribution in [2.45, 2.75) is 11.8 Å². The molecule has 3 aromatic rings. The third kappa shape index (κ3) is 4.15. The number of nitrogens with zero attached hydrogens (tertiary/aromatic N) is 2. The Hall–Kier alpha value is -3.31. The van der Waals surface area contributed by atoms with Gasteiger partial charge >= 0.3 is 0 Å². The Morgan fingerprint density at radius 1 is 1.21 bits per heavy atom. The number of halogens is 1. The molecule has 0 fully saturated rings. The number of benzene rings is 2. The highest BCUT2D eigenvalue weighted by Gasteiger charge is 2.16. The number of rotatable bonds is 6. The normalized spacial score (nSPS) is 10.4. The fourth-order valence-corrected chi connectivity index (χ4v) is 2.92. The van der Waals surface area contributed by atoms with Crippen LogP contribution in [0.25, 0.3) is 11.3 Å². The summed E-state index contributed by atoms with van der Waals surface area (Å²) in [5.74, 6) is 0.581. The van der Waals surface area contributed by atoms with E-state index in [1.54, 1.807) is 36.6 Å². The van der Waals surface area contributed by atoms with Gasteiger partial charge in [0.1, 0.15) is 24.1 Å². The number of nitrogens with one attached hydrogen (secondary N) is 1. The molecular formula is C20H16FN3O3S. The zero-order valence-corrected chi connectivity index (χ0v) is 16.0. The van der Waals surface area contributed by atoms with Crippen molar-refractivity contribution < 1.29 is 13.9 Å². The van der Waals surface area contributed by atoms with E-state index in [-0.39, 0.29) is 23.7 Å². The Kier molecular flexibility index (Phi) is 5.96. The van der Waals surface area contributed by atoms with E-state index >= 15 is 0 Å². The van der Waals surface area contributed by atoms with Gasteiger partial charge in [-0.05, 0) is 42.2 Å². The number of H-pyrrole nitrogens is 1. The van der Waals surface area contributed by atoms with Crippen LogP contribution in [0.1, 0.15) is 11.1 Å². The zero-order chi connectivity index (χ0) is 20.1. The molecule has 1 heterocycles. The molecule has 0 amide bonds. The number of methoxy groups -OCH3 is 1. The lowest BCUT2D eigenvalue weighted by atomic mass is 10.1. The minimum absolute atomic E-state index is 0.0764. The molecule has 0 saturated carbocycles. The van der Waals surface area contributed by atoms with E-state index in [9.17, 15) is 14.4 Å². The van der Waals surface area contributed by atoms with E-state index in [4.69, 9.17) is 9.47 Å². The first-order valence-corrected chi connectivity index (χ1v) is 9.42. The highest BCUT2D eigenvalue weighted by atomic mass is 32.2. The maximum absolute atomic E-state index is 13.1. The number of ether oxygens (including phenoxy) is 2. The van der Waals surface area contributed by atoms with Crippen molar-refractivity contribution in [2.75, 3.05) is 13.4 Å². The van der Waals surface area contributed by atoms with Gasteiger partial charge in [0, 0.05) is 5.56 Å². The highest BCUT2D eigenvalue weighted by Crippen LogP contribution is 2.33. The summed E-state index contributed by atoms with van der Waals surface area (Å²) in [6.45, 7) is 0.198. The number of aromatic nitrogens is 2. The predicted octanol–water partition coefficient (Wildman–Crippen LogP) is 3.76. The summed E-state index contributed by atoms with van der Waals surface area (Å²) in [5, 5.41) is 9.77. The average molecular weight is 397 g/mol. The number of hydrogen-bond acceptors (Lipinski definition) is 6. The van der Waals surface area contributed by atoms with Gasteiger partial charge in [0.2, 0.25) is 0 Å². The van der Waals surface area contributed by atoms with Gasteiger partial charge in [0.15, 0.2) is 16.7 Å². The van der Waals surface area contributed by atoms with Crippen LogP contribution >= 0.6 is 11.8 Å². The molecule has 0 aliphatic heterocycles. The second-order valence-electron chi connectivity index (χ2n) is 5.69. The zero-order valence-electron chi connectivity index (χ0n) is 15.2. The minimum atomic E-state index is -0.499. The first-order valence-electron chi connectivity index (χ1n) is 8.19. The van der Waals surface area contributed by atoms with Crippen LogP contribution in [-0.2, 0) is 6.61 Å². The van der Waals surface area contributed by atoms with Crippen molar-refractivity contribution in [1.82, 2.24) is 9.97 Å². The third-order valence-electron chi connectivity index (χ3n) is 3.95. The summed E-state index contributed by atoms with van der Waals surface area (Å²) >= 11 is 1.27. The molecule has 1 aromatic heterocycles. The van der Waals surface area contributed by atoms with Crippen molar-refractivity contribution in [1.29, 1.82) is 5.26 Å². The molecule has 1 N–H and O–H groups in total. The molecule has 2 aromatic carbocycles. The lowest BCUT2D eigenvalue weighted by Crippen LogP contribution is -2.14. The van der Waals surface area contributed by atoms with Crippen LogP contribution in [0, 0.1) is 17.1 Å². The van der Waals surface area contributed by atoms with Gasteiger partial charge in [-0.3, -0.25) is 4.79 Å². The van der Waals surface area contributed by atoms with Crippen molar-refractivity contribution in [3.63, 3.8) is 0 Å². The third-order valence-corrected chi connectivity index (χ3v) is 4.53. The van der Waals surface area contributed by atoms with Gasteiger partial charge in [0.25, 0.3) is 5.56 Å². The summed E-state index contributed by atoms with van der Waals surface area (Å²) in [5.41, 5.74) is 1.03. The van der Waals surface area contributed by atoms with Gasteiger partial charge in [-0.15, -0.1) is 0 Å². The lowest BCUT2D eigenvalue weighted by Gasteiger charge is -2.13. The SMILES string of the molecule is COc1ccc(-c2nc(SC)[nH]c(=O)c2C#N)cc1OCc1ccc(F)cc1. The van der Waals surface area contributed by atoms with Crippen molar-refractivity contribution in [3.05, 3.63) is 69.8 Å². The largest absolute Gasteiger partial charge is 0.493 e. The number of nitriles is 1. The Labute approximate surface area is 165 Å². The molecule has 0 bridgehead atoms. The molecule has 0 unspecified atom stereocenters. The maximum atomic E-state index is 13.1. The first kappa shape index (κ1) is 19.5. The van der Waals surface area contributed by atoms with Crippen molar-refractivity contribution in [2.24, 2.45) is 0 Å². The number of thioether (sulfide) groups is 1. The van der Waals surface area contributed by atoms with Gasteiger partial charge in [-0.1, -0.05) is 23.9 Å². The molecule has 142 valence electrons. The second kappa shape index (κ2) is 8.59. The average Bonchev–Trinajstić information content (AvgIpc) is 2.72. The maximum Gasteiger partial charge on any atom is 0.270 e. The fraction of sp³-hybridized carbons (Fsp3) is 0.150. The fourth-order valence-electron chi connectivity index (χ4n) is 2.54. The Bertz CT molecular complexity index is 1090. The summed E-state index contributed by atoms with van der Waals surface area (Å²) in [6, 6.07) is 12.9. The van der Waals surface area contributed by atoms with Crippen molar-refractivity contribution in [3.8, 4) is 28.8 Å². The molecule has 6 nitrogen and oxygen atoms in total. The summed E-state index contributed by atoms with van der Waals surface area (Å²) < 4.78 is 24.2. The molecular weight excluding hydrogens is 381 g/mol. The van der Waals surface area contributed by atoms with E-state index < -0.39 is 5.56 Å². The van der Waals surface area contributed by atoms with Gasteiger partial charge in [0.05, 0.1) is 12.8 Å². The molecule has 0 spiro atoms. The monoisotopic (exact) mass is 397 g/mol.